The Bertz CT molecular complexity index is 348. The number of nitrogens with zero attached hydrogens (tertiary/aromatic N) is 2. The molecule has 0 radical (unpaired) electrons. The first kappa shape index (κ1) is 15.1. The molecular weight excluding hydrogens is 256 g/mol. The number of carboxylic acids is 1. The van der Waals surface area contributed by atoms with E-state index >= 15 is 0 Å². The number of hydrogen-bond donors (Lipinski definition) is 1. The highest BCUT2D eigenvalue weighted by molar-refractivity contribution is 5.80. The van der Waals surface area contributed by atoms with Crippen molar-refractivity contribution in [3.05, 3.63) is 0 Å². The fourth-order valence-electron chi connectivity index (χ4n) is 2.47. The Morgan fingerprint density at radius 3 is 1.90 bits per heavy atom. The lowest BCUT2D eigenvalue weighted by Gasteiger charge is -2.31. The van der Waals surface area contributed by atoms with Crippen LogP contribution in [0.1, 0.15) is 39.5 Å². The molecule has 0 aromatic rings. The minimum Gasteiger partial charge on any atom is -0.480 e. The van der Waals surface area contributed by atoms with Crippen LogP contribution in [-0.2, 0) is 4.79 Å². The molecule has 0 unspecified atom stereocenters. The third-order valence-electron chi connectivity index (χ3n) is 3.80. The molecule has 2 fully saturated rings. The van der Waals surface area contributed by atoms with E-state index in [0.29, 0.717) is 18.4 Å². The van der Waals surface area contributed by atoms with Crippen molar-refractivity contribution in [2.75, 3.05) is 26.2 Å². The zero-order chi connectivity index (χ0) is 14.7. The number of rotatable bonds is 8. The van der Waals surface area contributed by atoms with Gasteiger partial charge >= 0.3 is 12.0 Å². The van der Waals surface area contributed by atoms with Crippen LogP contribution in [0.4, 0.5) is 4.79 Å². The number of amides is 2. The lowest BCUT2D eigenvalue weighted by atomic mass is 10.2. The van der Waals surface area contributed by atoms with Gasteiger partial charge in [0, 0.05) is 19.6 Å². The maximum absolute atomic E-state index is 12.6. The van der Waals surface area contributed by atoms with Gasteiger partial charge in [0.2, 0.25) is 0 Å². The summed E-state index contributed by atoms with van der Waals surface area (Å²) in [6.45, 7) is 5.95. The van der Waals surface area contributed by atoms with E-state index < -0.39 is 5.97 Å². The molecular formula is C15H26N2O3. The standard InChI is InChI=1S/C15H26N2O3/c1-11(2)7-16(10-14(18)19)15(20)17(8-12-3-4-12)9-13-5-6-13/h11-13H,3-10H2,1-2H3,(H,18,19). The van der Waals surface area contributed by atoms with Crippen LogP contribution in [0.15, 0.2) is 0 Å². The summed E-state index contributed by atoms with van der Waals surface area (Å²) in [5.74, 6) is 0.630. The Hall–Kier alpha value is -1.26. The molecule has 0 bridgehead atoms. The van der Waals surface area contributed by atoms with Crippen LogP contribution in [0, 0.1) is 17.8 Å². The van der Waals surface area contributed by atoms with Crippen molar-refractivity contribution < 1.29 is 14.7 Å². The van der Waals surface area contributed by atoms with Gasteiger partial charge in [-0.05, 0) is 43.4 Å². The van der Waals surface area contributed by atoms with Crippen molar-refractivity contribution in [2.24, 2.45) is 17.8 Å². The fourth-order valence-corrected chi connectivity index (χ4v) is 2.47. The van der Waals surface area contributed by atoms with E-state index in [4.69, 9.17) is 5.11 Å². The minimum absolute atomic E-state index is 0.0834. The molecule has 2 amide bonds. The van der Waals surface area contributed by atoms with Gasteiger partial charge in [0.25, 0.3) is 0 Å². The lowest BCUT2D eigenvalue weighted by molar-refractivity contribution is -0.137. The molecule has 5 nitrogen and oxygen atoms in total. The van der Waals surface area contributed by atoms with Crippen LogP contribution in [0.5, 0.6) is 0 Å². The second kappa shape index (κ2) is 6.46. The van der Waals surface area contributed by atoms with E-state index in [1.54, 1.807) is 0 Å². The number of urea groups is 1. The Labute approximate surface area is 120 Å². The molecule has 0 heterocycles. The van der Waals surface area contributed by atoms with Crippen LogP contribution in [-0.4, -0.2) is 53.1 Å². The van der Waals surface area contributed by atoms with Gasteiger partial charge in [-0.15, -0.1) is 0 Å². The quantitative estimate of drug-likeness (QED) is 0.743. The molecule has 0 aromatic heterocycles. The van der Waals surface area contributed by atoms with Crippen molar-refractivity contribution in [1.29, 1.82) is 0 Å². The lowest BCUT2D eigenvalue weighted by Crippen LogP contribution is -2.48. The molecule has 0 atom stereocenters. The summed E-state index contributed by atoms with van der Waals surface area (Å²) in [4.78, 5) is 27.0. The van der Waals surface area contributed by atoms with Gasteiger partial charge < -0.3 is 14.9 Å². The Balaban J connectivity index is 1.97. The Morgan fingerprint density at radius 2 is 1.55 bits per heavy atom. The molecule has 5 heteroatoms. The molecule has 0 saturated heterocycles. The molecule has 0 spiro atoms. The number of carbonyl (C=O) groups is 2. The third-order valence-corrected chi connectivity index (χ3v) is 3.80. The van der Waals surface area contributed by atoms with Gasteiger partial charge in [-0.1, -0.05) is 13.8 Å². The second-order valence-electron chi connectivity index (χ2n) is 6.74. The summed E-state index contributed by atoms with van der Waals surface area (Å²) in [6.07, 6.45) is 4.82. The summed E-state index contributed by atoms with van der Waals surface area (Å²) < 4.78 is 0. The predicted molar refractivity (Wildman–Crippen MR) is 76.5 cm³/mol. The summed E-state index contributed by atoms with van der Waals surface area (Å²) in [5.41, 5.74) is 0. The predicted octanol–water partition coefficient (Wildman–Crippen LogP) is 2.27. The van der Waals surface area contributed by atoms with Gasteiger partial charge in [-0.2, -0.15) is 0 Å². The number of carbonyl (C=O) groups excluding carboxylic acids is 1. The van der Waals surface area contributed by atoms with E-state index in [1.165, 1.54) is 30.6 Å². The first-order valence-corrected chi connectivity index (χ1v) is 7.71. The monoisotopic (exact) mass is 282 g/mol. The van der Waals surface area contributed by atoms with Crippen molar-refractivity contribution in [3.8, 4) is 0 Å². The average molecular weight is 282 g/mol. The van der Waals surface area contributed by atoms with Crippen molar-refractivity contribution in [2.45, 2.75) is 39.5 Å². The highest BCUT2D eigenvalue weighted by atomic mass is 16.4. The largest absolute Gasteiger partial charge is 0.480 e. The maximum atomic E-state index is 12.6. The SMILES string of the molecule is CC(C)CN(CC(=O)O)C(=O)N(CC1CC1)CC1CC1. The molecule has 2 rings (SSSR count). The van der Waals surface area contributed by atoms with Crippen LogP contribution < -0.4 is 0 Å². The van der Waals surface area contributed by atoms with E-state index in [0.717, 1.165) is 13.1 Å². The summed E-state index contributed by atoms with van der Waals surface area (Å²) >= 11 is 0. The topological polar surface area (TPSA) is 60.9 Å². The average Bonchev–Trinajstić information content (AvgIpc) is 3.19. The van der Waals surface area contributed by atoms with E-state index in [2.05, 4.69) is 0 Å². The molecule has 2 aliphatic carbocycles. The highest BCUT2D eigenvalue weighted by Crippen LogP contribution is 2.34. The van der Waals surface area contributed by atoms with Gasteiger partial charge in [0.15, 0.2) is 0 Å². The van der Waals surface area contributed by atoms with E-state index in [9.17, 15) is 9.59 Å². The van der Waals surface area contributed by atoms with Gasteiger partial charge in [0.05, 0.1) is 0 Å². The fraction of sp³-hybridized carbons (Fsp3) is 0.867. The van der Waals surface area contributed by atoms with Gasteiger partial charge in [-0.25, -0.2) is 4.79 Å². The normalized spacial score (nSPS) is 18.1. The van der Waals surface area contributed by atoms with Crippen LogP contribution in [0.25, 0.3) is 0 Å². The van der Waals surface area contributed by atoms with Crippen molar-refractivity contribution in [3.63, 3.8) is 0 Å². The molecule has 114 valence electrons. The number of hydrogen-bond acceptors (Lipinski definition) is 2. The van der Waals surface area contributed by atoms with E-state index in [-0.39, 0.29) is 18.5 Å². The number of carboxylic acid groups (broad SMARTS) is 1. The molecule has 1 N–H and O–H groups in total. The summed E-state index contributed by atoms with van der Waals surface area (Å²) in [7, 11) is 0. The van der Waals surface area contributed by atoms with Gasteiger partial charge in [-0.3, -0.25) is 4.79 Å². The van der Waals surface area contributed by atoms with Crippen LogP contribution >= 0.6 is 0 Å². The molecule has 2 aliphatic rings. The summed E-state index contributed by atoms with van der Waals surface area (Å²) in [6, 6.07) is -0.0834. The third kappa shape index (κ3) is 5.02. The highest BCUT2D eigenvalue weighted by Gasteiger charge is 2.33. The first-order chi connectivity index (χ1) is 9.45. The Kier molecular flexibility index (Phi) is 4.89. The van der Waals surface area contributed by atoms with Gasteiger partial charge in [0.1, 0.15) is 6.54 Å². The smallest absolute Gasteiger partial charge is 0.323 e. The summed E-state index contributed by atoms with van der Waals surface area (Å²) in [5, 5.41) is 9.00. The molecule has 0 aliphatic heterocycles. The van der Waals surface area contributed by atoms with Crippen LogP contribution in [0.3, 0.4) is 0 Å². The molecule has 20 heavy (non-hydrogen) atoms. The van der Waals surface area contributed by atoms with E-state index in [1.807, 2.05) is 18.7 Å². The molecule has 0 aromatic carbocycles. The van der Waals surface area contributed by atoms with Crippen LogP contribution in [0.2, 0.25) is 0 Å². The minimum atomic E-state index is -0.934. The Morgan fingerprint density at radius 1 is 1.05 bits per heavy atom. The van der Waals surface area contributed by atoms with Crippen molar-refractivity contribution in [1.82, 2.24) is 9.80 Å². The number of aliphatic carboxylic acids is 1. The zero-order valence-electron chi connectivity index (χ0n) is 12.5. The first-order valence-electron chi connectivity index (χ1n) is 7.71. The molecule has 2 saturated carbocycles. The zero-order valence-corrected chi connectivity index (χ0v) is 12.5. The maximum Gasteiger partial charge on any atom is 0.323 e. The second-order valence-corrected chi connectivity index (χ2v) is 6.74. The van der Waals surface area contributed by atoms with Crippen molar-refractivity contribution >= 4 is 12.0 Å².